The molecule has 0 fully saturated rings. The Balaban J connectivity index is 1.55. The number of pyridine rings is 1. The fourth-order valence-electron chi connectivity index (χ4n) is 4.87. The van der Waals surface area contributed by atoms with Crippen LogP contribution in [-0.4, -0.2) is 23.2 Å². The molecule has 0 radical (unpaired) electrons. The first-order valence-electron chi connectivity index (χ1n) is 11.5. The standard InChI is InChI=1S/C27H28N4O3/c1-27(2)14-20-25(22(32)15-27)26(23-11-7-13-34-23)31(21-10-4-3-9-19(21)30-20)17-24(33)29-16-18-8-5-6-12-28-18/h3-13,26,30H,14-17H2,1-2H3,(H,29,33)/t26-/m1/s1. The summed E-state index contributed by atoms with van der Waals surface area (Å²) in [6.07, 6.45) is 4.49. The number of rotatable bonds is 5. The number of para-hydroxylation sites is 2. The van der Waals surface area contributed by atoms with Gasteiger partial charge in [0.1, 0.15) is 11.8 Å². The molecule has 174 valence electrons. The second kappa shape index (κ2) is 8.82. The Labute approximate surface area is 198 Å². The Bertz CT molecular complexity index is 1230. The van der Waals surface area contributed by atoms with E-state index in [0.717, 1.165) is 29.2 Å². The van der Waals surface area contributed by atoms with E-state index in [4.69, 9.17) is 4.42 Å². The summed E-state index contributed by atoms with van der Waals surface area (Å²) in [5, 5.41) is 6.50. The third-order valence-electron chi connectivity index (χ3n) is 6.32. The smallest absolute Gasteiger partial charge is 0.239 e. The number of fused-ring (bicyclic) bond motifs is 1. The van der Waals surface area contributed by atoms with Crippen LogP contribution in [0.2, 0.25) is 0 Å². The lowest BCUT2D eigenvalue weighted by Crippen LogP contribution is -2.41. The molecule has 0 saturated carbocycles. The Hall–Kier alpha value is -3.87. The summed E-state index contributed by atoms with van der Waals surface area (Å²) in [6.45, 7) is 4.61. The molecule has 1 aliphatic carbocycles. The van der Waals surface area contributed by atoms with Crippen LogP contribution in [0.5, 0.6) is 0 Å². The minimum absolute atomic E-state index is 0.0599. The maximum Gasteiger partial charge on any atom is 0.239 e. The molecular formula is C27H28N4O3. The van der Waals surface area contributed by atoms with Gasteiger partial charge in [0.05, 0.1) is 36.4 Å². The molecule has 0 unspecified atom stereocenters. The van der Waals surface area contributed by atoms with Crippen molar-refractivity contribution >= 4 is 23.1 Å². The quantitative estimate of drug-likeness (QED) is 0.583. The van der Waals surface area contributed by atoms with Gasteiger partial charge in [0.15, 0.2) is 5.78 Å². The molecule has 7 nitrogen and oxygen atoms in total. The molecule has 3 aromatic rings. The van der Waals surface area contributed by atoms with Gasteiger partial charge in [-0.25, -0.2) is 0 Å². The van der Waals surface area contributed by atoms with Gasteiger partial charge in [0.2, 0.25) is 5.91 Å². The SMILES string of the molecule is CC1(C)CC(=O)C2=C(C1)Nc1ccccc1N(CC(=O)NCc1ccccn1)[C@@H]2c1ccco1. The van der Waals surface area contributed by atoms with Crippen LogP contribution in [0.4, 0.5) is 11.4 Å². The summed E-state index contributed by atoms with van der Waals surface area (Å²) in [6, 6.07) is 16.6. The average molecular weight is 457 g/mol. The van der Waals surface area contributed by atoms with Crippen LogP contribution in [0.1, 0.15) is 44.2 Å². The van der Waals surface area contributed by atoms with Crippen molar-refractivity contribution in [2.24, 2.45) is 5.41 Å². The average Bonchev–Trinajstić information content (AvgIpc) is 3.30. The van der Waals surface area contributed by atoms with Gasteiger partial charge >= 0.3 is 0 Å². The number of amides is 1. The number of aromatic nitrogens is 1. The summed E-state index contributed by atoms with van der Waals surface area (Å²) in [7, 11) is 0. The third kappa shape index (κ3) is 4.33. The van der Waals surface area contributed by atoms with Crippen molar-refractivity contribution in [3.8, 4) is 0 Å². The Kier molecular flexibility index (Phi) is 5.69. The molecular weight excluding hydrogens is 428 g/mol. The number of nitrogens with zero attached hydrogens (tertiary/aromatic N) is 2. The van der Waals surface area contributed by atoms with Gasteiger partial charge in [-0.15, -0.1) is 0 Å². The second-order valence-corrected chi connectivity index (χ2v) is 9.62. The molecule has 2 N–H and O–H groups in total. The monoisotopic (exact) mass is 456 g/mol. The maximum atomic E-state index is 13.5. The van der Waals surface area contributed by atoms with Crippen molar-refractivity contribution in [2.45, 2.75) is 39.3 Å². The largest absolute Gasteiger partial charge is 0.467 e. The summed E-state index contributed by atoms with van der Waals surface area (Å²) in [5.74, 6) is 0.549. The van der Waals surface area contributed by atoms with E-state index in [1.165, 1.54) is 0 Å². The molecule has 0 saturated heterocycles. The van der Waals surface area contributed by atoms with Crippen LogP contribution in [0, 0.1) is 5.41 Å². The number of benzene rings is 1. The zero-order valence-corrected chi connectivity index (χ0v) is 19.4. The fourth-order valence-corrected chi connectivity index (χ4v) is 4.87. The van der Waals surface area contributed by atoms with E-state index in [-0.39, 0.29) is 23.7 Å². The van der Waals surface area contributed by atoms with E-state index in [0.29, 0.717) is 24.3 Å². The van der Waals surface area contributed by atoms with Crippen molar-refractivity contribution in [3.05, 3.63) is 89.8 Å². The van der Waals surface area contributed by atoms with Crippen LogP contribution in [0.3, 0.4) is 0 Å². The number of anilines is 2. The molecule has 0 spiro atoms. The molecule has 3 heterocycles. The van der Waals surface area contributed by atoms with Crippen molar-refractivity contribution in [3.63, 3.8) is 0 Å². The topological polar surface area (TPSA) is 87.5 Å². The zero-order chi connectivity index (χ0) is 23.7. The number of nitrogens with one attached hydrogen (secondary N) is 2. The Morgan fingerprint density at radius 1 is 1.15 bits per heavy atom. The summed E-state index contributed by atoms with van der Waals surface area (Å²) >= 11 is 0. The van der Waals surface area contributed by atoms with Crippen LogP contribution in [0.25, 0.3) is 0 Å². The number of Topliss-reactive ketones (excluding diaryl/α,β-unsaturated/α-hetero) is 1. The van der Waals surface area contributed by atoms with Crippen molar-refractivity contribution in [1.82, 2.24) is 10.3 Å². The Morgan fingerprint density at radius 2 is 1.97 bits per heavy atom. The van der Waals surface area contributed by atoms with E-state index < -0.39 is 6.04 Å². The highest BCUT2D eigenvalue weighted by Crippen LogP contribution is 2.48. The molecule has 1 aromatic carbocycles. The molecule has 0 bridgehead atoms. The summed E-state index contributed by atoms with van der Waals surface area (Å²) in [5.41, 5.74) is 3.91. The molecule has 2 aliphatic rings. The molecule has 5 rings (SSSR count). The summed E-state index contributed by atoms with van der Waals surface area (Å²) < 4.78 is 5.84. The first-order valence-corrected chi connectivity index (χ1v) is 11.5. The van der Waals surface area contributed by atoms with E-state index in [1.807, 2.05) is 59.5 Å². The highest BCUT2D eigenvalue weighted by atomic mass is 16.3. The van der Waals surface area contributed by atoms with E-state index in [2.05, 4.69) is 29.5 Å². The summed E-state index contributed by atoms with van der Waals surface area (Å²) in [4.78, 5) is 32.9. The van der Waals surface area contributed by atoms with Gasteiger partial charge in [-0.1, -0.05) is 32.0 Å². The lowest BCUT2D eigenvalue weighted by Gasteiger charge is -2.36. The molecule has 1 amide bonds. The number of carbonyl (C=O) groups excluding carboxylic acids is 2. The molecule has 1 atom stereocenters. The number of furan rings is 1. The minimum Gasteiger partial charge on any atom is -0.467 e. The number of hydrogen-bond donors (Lipinski definition) is 2. The Morgan fingerprint density at radius 3 is 2.74 bits per heavy atom. The normalized spacial score (nSPS) is 19.1. The first-order chi connectivity index (χ1) is 16.4. The van der Waals surface area contributed by atoms with E-state index in [9.17, 15) is 9.59 Å². The molecule has 1 aliphatic heterocycles. The van der Waals surface area contributed by atoms with Gasteiger partial charge in [-0.3, -0.25) is 14.6 Å². The lowest BCUT2D eigenvalue weighted by molar-refractivity contribution is -0.121. The second-order valence-electron chi connectivity index (χ2n) is 9.62. The zero-order valence-electron chi connectivity index (χ0n) is 19.4. The van der Waals surface area contributed by atoms with Crippen LogP contribution in [0.15, 0.2) is 82.7 Å². The number of allylic oxidation sites excluding steroid dienone is 1. The van der Waals surface area contributed by atoms with Gasteiger partial charge in [0, 0.05) is 23.9 Å². The van der Waals surface area contributed by atoms with Gasteiger partial charge in [0.25, 0.3) is 0 Å². The third-order valence-corrected chi connectivity index (χ3v) is 6.32. The first kappa shape index (κ1) is 21.9. The van der Waals surface area contributed by atoms with Crippen LogP contribution < -0.4 is 15.5 Å². The number of ketones is 1. The molecule has 34 heavy (non-hydrogen) atoms. The van der Waals surface area contributed by atoms with E-state index >= 15 is 0 Å². The number of carbonyl (C=O) groups is 2. The van der Waals surface area contributed by atoms with Crippen LogP contribution >= 0.6 is 0 Å². The minimum atomic E-state index is -0.509. The highest BCUT2D eigenvalue weighted by molar-refractivity contribution is 6.01. The fraction of sp³-hybridized carbons (Fsp3) is 0.296. The molecule has 7 heteroatoms. The maximum absolute atomic E-state index is 13.5. The lowest BCUT2D eigenvalue weighted by atomic mass is 9.74. The van der Waals surface area contributed by atoms with Crippen LogP contribution in [-0.2, 0) is 16.1 Å². The number of hydrogen-bond acceptors (Lipinski definition) is 6. The molecule has 2 aromatic heterocycles. The van der Waals surface area contributed by atoms with Gasteiger partial charge < -0.3 is 20.0 Å². The highest BCUT2D eigenvalue weighted by Gasteiger charge is 2.42. The van der Waals surface area contributed by atoms with Gasteiger partial charge in [-0.05, 0) is 48.2 Å². The van der Waals surface area contributed by atoms with Gasteiger partial charge in [-0.2, -0.15) is 0 Å². The van der Waals surface area contributed by atoms with Crippen molar-refractivity contribution in [1.29, 1.82) is 0 Å². The predicted molar refractivity (Wildman–Crippen MR) is 130 cm³/mol. The van der Waals surface area contributed by atoms with Crippen molar-refractivity contribution in [2.75, 3.05) is 16.8 Å². The predicted octanol–water partition coefficient (Wildman–Crippen LogP) is 4.61. The van der Waals surface area contributed by atoms with E-state index in [1.54, 1.807) is 12.5 Å². The van der Waals surface area contributed by atoms with Crippen molar-refractivity contribution < 1.29 is 14.0 Å².